The highest BCUT2D eigenvalue weighted by Crippen LogP contribution is 2.26. The first-order valence-corrected chi connectivity index (χ1v) is 6.87. The molecule has 0 amide bonds. The zero-order valence-electron chi connectivity index (χ0n) is 12.0. The van der Waals surface area contributed by atoms with Gasteiger partial charge in [-0.3, -0.25) is 0 Å². The Bertz CT molecular complexity index is 376. The number of rotatable bonds is 11. The van der Waals surface area contributed by atoms with E-state index in [9.17, 15) is 0 Å². The fourth-order valence-electron chi connectivity index (χ4n) is 1.51. The molecular formula is C14H22ClNO4. The Labute approximate surface area is 125 Å². The average molecular weight is 304 g/mol. The van der Waals surface area contributed by atoms with Crippen LogP contribution in [0.2, 0.25) is 5.02 Å². The largest absolute Gasteiger partial charge is 0.495 e. The van der Waals surface area contributed by atoms with Crippen molar-refractivity contribution in [2.45, 2.75) is 0 Å². The predicted molar refractivity (Wildman–Crippen MR) is 80.0 cm³/mol. The van der Waals surface area contributed by atoms with Gasteiger partial charge in [-0.2, -0.15) is 0 Å². The third-order valence-corrected chi connectivity index (χ3v) is 2.83. The second-order valence-electron chi connectivity index (χ2n) is 3.99. The number of nitrogens with one attached hydrogen (secondary N) is 1. The lowest BCUT2D eigenvalue weighted by atomic mass is 10.3. The molecule has 0 aliphatic rings. The van der Waals surface area contributed by atoms with E-state index in [0.29, 0.717) is 50.4 Å². The quantitative estimate of drug-likeness (QED) is 0.636. The molecule has 6 heteroatoms. The highest BCUT2D eigenvalue weighted by Gasteiger charge is 2.01. The molecule has 0 unspecified atom stereocenters. The summed E-state index contributed by atoms with van der Waals surface area (Å²) in [6, 6.07) is 5.57. The van der Waals surface area contributed by atoms with E-state index >= 15 is 0 Å². The van der Waals surface area contributed by atoms with Gasteiger partial charge in [0.1, 0.15) is 5.75 Å². The Hall–Kier alpha value is -1.01. The van der Waals surface area contributed by atoms with E-state index in [-0.39, 0.29) is 0 Å². The van der Waals surface area contributed by atoms with Crippen molar-refractivity contribution >= 4 is 17.3 Å². The molecule has 1 N–H and O–H groups in total. The fourth-order valence-corrected chi connectivity index (χ4v) is 1.77. The molecule has 0 aliphatic carbocycles. The SMILES string of the molecule is COCCOCCOCCNc1ccc(OC)c(Cl)c1. The normalized spacial score (nSPS) is 10.6. The summed E-state index contributed by atoms with van der Waals surface area (Å²) in [6.07, 6.45) is 0. The van der Waals surface area contributed by atoms with E-state index in [1.54, 1.807) is 14.2 Å². The monoisotopic (exact) mass is 303 g/mol. The first-order valence-electron chi connectivity index (χ1n) is 6.49. The van der Waals surface area contributed by atoms with Gasteiger partial charge in [0.15, 0.2) is 0 Å². The molecule has 1 rings (SSSR count). The summed E-state index contributed by atoms with van der Waals surface area (Å²) >= 11 is 6.03. The topological polar surface area (TPSA) is 49.0 Å². The first kappa shape index (κ1) is 17.0. The van der Waals surface area contributed by atoms with Gasteiger partial charge in [0, 0.05) is 19.3 Å². The van der Waals surface area contributed by atoms with Crippen molar-refractivity contribution < 1.29 is 18.9 Å². The van der Waals surface area contributed by atoms with Crippen LogP contribution in [0, 0.1) is 0 Å². The summed E-state index contributed by atoms with van der Waals surface area (Å²) < 4.78 is 20.7. The van der Waals surface area contributed by atoms with Crippen LogP contribution >= 0.6 is 11.6 Å². The van der Waals surface area contributed by atoms with Gasteiger partial charge in [-0.15, -0.1) is 0 Å². The predicted octanol–water partition coefficient (Wildman–Crippen LogP) is 2.44. The Morgan fingerprint density at radius 1 is 1.00 bits per heavy atom. The maximum Gasteiger partial charge on any atom is 0.137 e. The lowest BCUT2D eigenvalue weighted by molar-refractivity contribution is 0.0272. The van der Waals surface area contributed by atoms with Crippen LogP contribution in [-0.4, -0.2) is 53.8 Å². The lowest BCUT2D eigenvalue weighted by Crippen LogP contribution is -2.13. The summed E-state index contributed by atoms with van der Waals surface area (Å²) in [7, 11) is 3.24. The molecule has 0 saturated carbocycles. The molecule has 0 saturated heterocycles. The van der Waals surface area contributed by atoms with Crippen molar-refractivity contribution in [2.75, 3.05) is 59.1 Å². The number of anilines is 1. The molecule has 0 atom stereocenters. The van der Waals surface area contributed by atoms with E-state index in [1.165, 1.54) is 0 Å². The minimum atomic E-state index is 0.578. The van der Waals surface area contributed by atoms with Crippen molar-refractivity contribution in [3.63, 3.8) is 0 Å². The van der Waals surface area contributed by atoms with E-state index in [2.05, 4.69) is 5.32 Å². The molecule has 0 heterocycles. The van der Waals surface area contributed by atoms with Crippen molar-refractivity contribution in [1.82, 2.24) is 0 Å². The van der Waals surface area contributed by atoms with Gasteiger partial charge in [0.05, 0.1) is 45.2 Å². The van der Waals surface area contributed by atoms with Gasteiger partial charge in [0.2, 0.25) is 0 Å². The van der Waals surface area contributed by atoms with E-state index < -0.39 is 0 Å². The highest BCUT2D eigenvalue weighted by atomic mass is 35.5. The molecular weight excluding hydrogens is 282 g/mol. The number of hydrogen-bond donors (Lipinski definition) is 1. The fraction of sp³-hybridized carbons (Fsp3) is 0.571. The van der Waals surface area contributed by atoms with Crippen LogP contribution in [0.5, 0.6) is 5.75 Å². The molecule has 0 spiro atoms. The zero-order chi connectivity index (χ0) is 14.6. The van der Waals surface area contributed by atoms with Crippen LogP contribution in [0.3, 0.4) is 0 Å². The molecule has 0 bridgehead atoms. The van der Waals surface area contributed by atoms with Gasteiger partial charge >= 0.3 is 0 Å². The highest BCUT2D eigenvalue weighted by molar-refractivity contribution is 6.32. The Morgan fingerprint density at radius 3 is 2.35 bits per heavy atom. The van der Waals surface area contributed by atoms with Gasteiger partial charge < -0.3 is 24.3 Å². The summed E-state index contributed by atoms with van der Waals surface area (Å²) in [5, 5.41) is 3.81. The molecule has 1 aromatic rings. The van der Waals surface area contributed by atoms with Crippen LogP contribution < -0.4 is 10.1 Å². The van der Waals surface area contributed by atoms with E-state index in [0.717, 1.165) is 5.69 Å². The zero-order valence-corrected chi connectivity index (χ0v) is 12.7. The standard InChI is InChI=1S/C14H22ClNO4/c1-17-7-8-20-10-9-19-6-5-16-12-3-4-14(18-2)13(15)11-12/h3-4,11,16H,5-10H2,1-2H3. The molecule has 5 nitrogen and oxygen atoms in total. The molecule has 114 valence electrons. The minimum absolute atomic E-state index is 0.578. The molecule has 1 aromatic carbocycles. The van der Waals surface area contributed by atoms with E-state index in [1.807, 2.05) is 18.2 Å². The Kier molecular flexibility index (Phi) is 9.15. The van der Waals surface area contributed by atoms with Crippen molar-refractivity contribution in [3.05, 3.63) is 23.2 Å². The lowest BCUT2D eigenvalue weighted by Gasteiger charge is -2.09. The van der Waals surface area contributed by atoms with Gasteiger partial charge in [-0.05, 0) is 18.2 Å². The summed E-state index contributed by atoms with van der Waals surface area (Å²) in [5.74, 6) is 0.668. The summed E-state index contributed by atoms with van der Waals surface area (Å²) in [6.45, 7) is 3.69. The average Bonchev–Trinajstić information content (AvgIpc) is 2.46. The molecule has 0 aromatic heterocycles. The smallest absolute Gasteiger partial charge is 0.137 e. The van der Waals surface area contributed by atoms with Gasteiger partial charge in [-0.1, -0.05) is 11.6 Å². The van der Waals surface area contributed by atoms with Crippen molar-refractivity contribution in [1.29, 1.82) is 0 Å². The molecule has 0 radical (unpaired) electrons. The number of hydrogen-bond acceptors (Lipinski definition) is 5. The van der Waals surface area contributed by atoms with Crippen LogP contribution in [0.15, 0.2) is 18.2 Å². The molecule has 0 fully saturated rings. The summed E-state index contributed by atoms with van der Waals surface area (Å²) in [5.41, 5.74) is 0.941. The van der Waals surface area contributed by atoms with Crippen LogP contribution in [0.4, 0.5) is 5.69 Å². The van der Waals surface area contributed by atoms with Crippen molar-refractivity contribution in [3.8, 4) is 5.75 Å². The summed E-state index contributed by atoms with van der Waals surface area (Å²) in [4.78, 5) is 0. The Balaban J connectivity index is 2.05. The van der Waals surface area contributed by atoms with Crippen LogP contribution in [0.25, 0.3) is 0 Å². The molecule has 20 heavy (non-hydrogen) atoms. The van der Waals surface area contributed by atoms with Gasteiger partial charge in [-0.25, -0.2) is 0 Å². The van der Waals surface area contributed by atoms with Crippen LogP contribution in [0.1, 0.15) is 0 Å². The second kappa shape index (κ2) is 10.7. The number of methoxy groups -OCH3 is 2. The Morgan fingerprint density at radius 2 is 1.70 bits per heavy atom. The maximum atomic E-state index is 6.03. The minimum Gasteiger partial charge on any atom is -0.495 e. The number of ether oxygens (including phenoxy) is 4. The van der Waals surface area contributed by atoms with Gasteiger partial charge in [0.25, 0.3) is 0 Å². The first-order chi connectivity index (χ1) is 9.77. The van der Waals surface area contributed by atoms with Crippen LogP contribution in [-0.2, 0) is 14.2 Å². The second-order valence-corrected chi connectivity index (χ2v) is 4.40. The third-order valence-electron chi connectivity index (χ3n) is 2.53. The maximum absolute atomic E-state index is 6.03. The van der Waals surface area contributed by atoms with Crippen molar-refractivity contribution in [2.24, 2.45) is 0 Å². The number of benzene rings is 1. The third kappa shape index (κ3) is 6.96. The molecule has 0 aliphatic heterocycles. The number of halogens is 1. The van der Waals surface area contributed by atoms with E-state index in [4.69, 9.17) is 30.5 Å².